The summed E-state index contributed by atoms with van der Waals surface area (Å²) in [4.78, 5) is 2.40. The van der Waals surface area contributed by atoms with Crippen LogP contribution in [0.1, 0.15) is 37.8 Å². The number of nitrogens with two attached hydrogens (primary N) is 1. The minimum Gasteiger partial charge on any atom is -0.380 e. The first-order valence-corrected chi connectivity index (χ1v) is 7.38. The summed E-state index contributed by atoms with van der Waals surface area (Å²) in [5, 5.41) is 0. The number of likely N-dealkylation sites (N-methyl/N-ethyl adjacent to an activating group) is 1. The van der Waals surface area contributed by atoms with E-state index in [-0.39, 0.29) is 0 Å². The van der Waals surface area contributed by atoms with Crippen molar-refractivity contribution in [3.63, 3.8) is 0 Å². The SMILES string of the molecule is CCCCOCCN(CC)Cc1ccccc1CN. The molecule has 0 aliphatic rings. The molecule has 108 valence electrons. The highest BCUT2D eigenvalue weighted by Crippen LogP contribution is 2.11. The summed E-state index contributed by atoms with van der Waals surface area (Å²) < 4.78 is 5.63. The number of hydrogen-bond donors (Lipinski definition) is 1. The molecule has 0 aromatic heterocycles. The van der Waals surface area contributed by atoms with Crippen LogP contribution in [0.15, 0.2) is 24.3 Å². The number of benzene rings is 1. The van der Waals surface area contributed by atoms with Crippen molar-refractivity contribution in [2.45, 2.75) is 39.8 Å². The van der Waals surface area contributed by atoms with Gasteiger partial charge in [-0.15, -0.1) is 0 Å². The van der Waals surface area contributed by atoms with E-state index in [1.165, 1.54) is 17.5 Å². The molecule has 0 saturated carbocycles. The lowest BCUT2D eigenvalue weighted by Crippen LogP contribution is -2.27. The molecular weight excluding hydrogens is 236 g/mol. The predicted octanol–water partition coefficient (Wildman–Crippen LogP) is 2.78. The van der Waals surface area contributed by atoms with Crippen molar-refractivity contribution in [3.8, 4) is 0 Å². The van der Waals surface area contributed by atoms with Gasteiger partial charge in [-0.3, -0.25) is 4.90 Å². The van der Waals surface area contributed by atoms with E-state index < -0.39 is 0 Å². The van der Waals surface area contributed by atoms with E-state index in [1.807, 2.05) is 0 Å². The van der Waals surface area contributed by atoms with Crippen LogP contribution in [0.2, 0.25) is 0 Å². The van der Waals surface area contributed by atoms with E-state index in [0.717, 1.165) is 39.3 Å². The van der Waals surface area contributed by atoms with Gasteiger partial charge in [-0.25, -0.2) is 0 Å². The van der Waals surface area contributed by atoms with Gasteiger partial charge in [0.2, 0.25) is 0 Å². The Labute approximate surface area is 117 Å². The Morgan fingerprint density at radius 1 is 1.11 bits per heavy atom. The Hall–Kier alpha value is -0.900. The van der Waals surface area contributed by atoms with Crippen LogP contribution >= 0.6 is 0 Å². The smallest absolute Gasteiger partial charge is 0.0593 e. The molecule has 3 heteroatoms. The first-order chi connectivity index (χ1) is 9.31. The second-order valence-electron chi connectivity index (χ2n) is 4.81. The van der Waals surface area contributed by atoms with Gasteiger partial charge >= 0.3 is 0 Å². The van der Waals surface area contributed by atoms with Gasteiger partial charge in [-0.05, 0) is 24.1 Å². The molecular formula is C16H28N2O. The average molecular weight is 264 g/mol. The normalized spacial score (nSPS) is 11.2. The second-order valence-corrected chi connectivity index (χ2v) is 4.81. The zero-order valence-corrected chi connectivity index (χ0v) is 12.4. The van der Waals surface area contributed by atoms with Crippen LogP contribution in [0.3, 0.4) is 0 Å². The van der Waals surface area contributed by atoms with Crippen LogP contribution in [-0.4, -0.2) is 31.2 Å². The standard InChI is InChI=1S/C16H28N2O/c1-3-5-11-19-12-10-18(4-2)14-16-9-7-6-8-15(16)13-17/h6-9H,3-5,10-14,17H2,1-2H3. The number of rotatable bonds is 10. The van der Waals surface area contributed by atoms with E-state index in [2.05, 4.69) is 43.0 Å². The predicted molar refractivity (Wildman–Crippen MR) is 81.0 cm³/mol. The van der Waals surface area contributed by atoms with Crippen LogP contribution in [0.4, 0.5) is 0 Å². The minimum absolute atomic E-state index is 0.612. The molecule has 0 bridgehead atoms. The van der Waals surface area contributed by atoms with Crippen molar-refractivity contribution in [1.29, 1.82) is 0 Å². The molecule has 0 heterocycles. The van der Waals surface area contributed by atoms with Crippen LogP contribution in [-0.2, 0) is 17.8 Å². The van der Waals surface area contributed by atoms with Crippen LogP contribution < -0.4 is 5.73 Å². The Balaban J connectivity index is 2.38. The number of unbranched alkanes of at least 4 members (excludes halogenated alkanes) is 1. The van der Waals surface area contributed by atoms with Crippen molar-refractivity contribution in [1.82, 2.24) is 4.90 Å². The van der Waals surface area contributed by atoms with Crippen molar-refractivity contribution in [2.75, 3.05) is 26.3 Å². The van der Waals surface area contributed by atoms with E-state index in [1.54, 1.807) is 0 Å². The van der Waals surface area contributed by atoms with Crippen molar-refractivity contribution < 1.29 is 4.74 Å². The Morgan fingerprint density at radius 2 is 1.84 bits per heavy atom. The monoisotopic (exact) mass is 264 g/mol. The summed E-state index contributed by atoms with van der Waals surface area (Å²) in [5.41, 5.74) is 8.36. The highest BCUT2D eigenvalue weighted by molar-refractivity contribution is 5.26. The van der Waals surface area contributed by atoms with Gasteiger partial charge in [0.15, 0.2) is 0 Å². The molecule has 0 unspecified atom stereocenters. The molecule has 0 saturated heterocycles. The summed E-state index contributed by atoms with van der Waals surface area (Å²) in [5.74, 6) is 0. The Morgan fingerprint density at radius 3 is 2.47 bits per heavy atom. The molecule has 0 amide bonds. The molecule has 0 atom stereocenters. The van der Waals surface area contributed by atoms with Crippen LogP contribution in [0.5, 0.6) is 0 Å². The molecule has 0 aliphatic heterocycles. The average Bonchev–Trinajstić information content (AvgIpc) is 2.46. The Kier molecular flexibility index (Phi) is 8.47. The molecule has 1 aromatic carbocycles. The first kappa shape index (κ1) is 16.2. The van der Waals surface area contributed by atoms with E-state index in [4.69, 9.17) is 10.5 Å². The summed E-state index contributed by atoms with van der Waals surface area (Å²) in [6.45, 7) is 9.67. The highest BCUT2D eigenvalue weighted by Gasteiger charge is 2.06. The lowest BCUT2D eigenvalue weighted by Gasteiger charge is -2.21. The van der Waals surface area contributed by atoms with Crippen molar-refractivity contribution in [2.24, 2.45) is 5.73 Å². The zero-order chi connectivity index (χ0) is 13.9. The van der Waals surface area contributed by atoms with Crippen molar-refractivity contribution in [3.05, 3.63) is 35.4 Å². The quantitative estimate of drug-likeness (QED) is 0.660. The first-order valence-electron chi connectivity index (χ1n) is 7.38. The third-order valence-corrected chi connectivity index (χ3v) is 3.37. The lowest BCUT2D eigenvalue weighted by molar-refractivity contribution is 0.101. The van der Waals surface area contributed by atoms with Gasteiger partial charge in [0, 0.05) is 26.2 Å². The molecule has 0 fully saturated rings. The topological polar surface area (TPSA) is 38.5 Å². The molecule has 2 N–H and O–H groups in total. The second kappa shape index (κ2) is 9.96. The fourth-order valence-corrected chi connectivity index (χ4v) is 2.04. The molecule has 1 aromatic rings. The number of hydrogen-bond acceptors (Lipinski definition) is 3. The van der Waals surface area contributed by atoms with Crippen LogP contribution in [0, 0.1) is 0 Å². The van der Waals surface area contributed by atoms with Crippen LogP contribution in [0.25, 0.3) is 0 Å². The fraction of sp³-hybridized carbons (Fsp3) is 0.625. The lowest BCUT2D eigenvalue weighted by atomic mass is 10.1. The molecule has 0 aliphatic carbocycles. The maximum absolute atomic E-state index is 5.78. The third-order valence-electron chi connectivity index (χ3n) is 3.37. The largest absolute Gasteiger partial charge is 0.380 e. The van der Waals surface area contributed by atoms with E-state index in [9.17, 15) is 0 Å². The summed E-state index contributed by atoms with van der Waals surface area (Å²) >= 11 is 0. The molecule has 0 spiro atoms. The highest BCUT2D eigenvalue weighted by atomic mass is 16.5. The fourth-order valence-electron chi connectivity index (χ4n) is 2.04. The zero-order valence-electron chi connectivity index (χ0n) is 12.4. The number of nitrogens with zero attached hydrogens (tertiary/aromatic N) is 1. The van der Waals surface area contributed by atoms with E-state index in [0.29, 0.717) is 6.54 Å². The van der Waals surface area contributed by atoms with Gasteiger partial charge in [0.1, 0.15) is 0 Å². The minimum atomic E-state index is 0.612. The van der Waals surface area contributed by atoms with Gasteiger partial charge < -0.3 is 10.5 Å². The molecule has 3 nitrogen and oxygen atoms in total. The molecule has 19 heavy (non-hydrogen) atoms. The maximum atomic E-state index is 5.78. The summed E-state index contributed by atoms with van der Waals surface area (Å²) in [6.07, 6.45) is 2.35. The third kappa shape index (κ3) is 6.19. The van der Waals surface area contributed by atoms with Gasteiger partial charge in [0.25, 0.3) is 0 Å². The number of ether oxygens (including phenoxy) is 1. The maximum Gasteiger partial charge on any atom is 0.0593 e. The van der Waals surface area contributed by atoms with E-state index >= 15 is 0 Å². The molecule has 0 radical (unpaired) electrons. The summed E-state index contributed by atoms with van der Waals surface area (Å²) in [7, 11) is 0. The Bertz CT molecular complexity index is 341. The van der Waals surface area contributed by atoms with Gasteiger partial charge in [-0.1, -0.05) is 44.5 Å². The van der Waals surface area contributed by atoms with Gasteiger partial charge in [-0.2, -0.15) is 0 Å². The van der Waals surface area contributed by atoms with Gasteiger partial charge in [0.05, 0.1) is 6.61 Å². The molecule has 1 rings (SSSR count). The summed E-state index contributed by atoms with van der Waals surface area (Å²) in [6, 6.07) is 8.42. The van der Waals surface area contributed by atoms with Crippen molar-refractivity contribution >= 4 is 0 Å².